The molecule has 7 heteroatoms. The molecule has 1 aliphatic carbocycles. The van der Waals surface area contributed by atoms with Crippen LogP contribution in [0.1, 0.15) is 47.5 Å². The molecule has 0 bridgehead atoms. The van der Waals surface area contributed by atoms with E-state index in [9.17, 15) is 14.7 Å². The van der Waals surface area contributed by atoms with E-state index >= 15 is 8.78 Å². The fourth-order valence-corrected chi connectivity index (χ4v) is 5.46. The van der Waals surface area contributed by atoms with Crippen LogP contribution in [0.4, 0.5) is 8.78 Å². The molecular formula is C25H25F2NO4. The zero-order chi connectivity index (χ0) is 22.5. The van der Waals surface area contributed by atoms with Gasteiger partial charge in [0, 0.05) is 19.7 Å². The van der Waals surface area contributed by atoms with Crippen LogP contribution in [-0.2, 0) is 9.53 Å². The number of aromatic carboxylic acids is 1. The van der Waals surface area contributed by atoms with E-state index in [0.717, 1.165) is 17.5 Å². The molecule has 32 heavy (non-hydrogen) atoms. The molecule has 168 valence electrons. The number of amides is 1. The summed E-state index contributed by atoms with van der Waals surface area (Å²) < 4.78 is 35.5. The molecule has 0 radical (unpaired) electrons. The quantitative estimate of drug-likeness (QED) is 0.755. The van der Waals surface area contributed by atoms with Gasteiger partial charge in [0.05, 0.1) is 16.9 Å². The zero-order valence-electron chi connectivity index (χ0n) is 17.6. The van der Waals surface area contributed by atoms with Crippen LogP contribution in [0.3, 0.4) is 0 Å². The number of alkyl halides is 2. The molecule has 3 fully saturated rings. The van der Waals surface area contributed by atoms with Gasteiger partial charge in [0.1, 0.15) is 6.10 Å². The summed E-state index contributed by atoms with van der Waals surface area (Å²) in [5.74, 6) is -4.72. The van der Waals surface area contributed by atoms with Crippen molar-refractivity contribution in [2.75, 3.05) is 19.7 Å². The fraction of sp³-hybridized carbons (Fsp3) is 0.440. The minimum absolute atomic E-state index is 0.0641. The van der Waals surface area contributed by atoms with Crippen molar-refractivity contribution in [3.63, 3.8) is 0 Å². The predicted octanol–water partition coefficient (Wildman–Crippen LogP) is 4.57. The van der Waals surface area contributed by atoms with Gasteiger partial charge in [-0.2, -0.15) is 0 Å². The number of benzene rings is 2. The first-order valence-electron chi connectivity index (χ1n) is 11.1. The van der Waals surface area contributed by atoms with Crippen LogP contribution in [-0.4, -0.2) is 53.6 Å². The number of likely N-dealkylation sites (tertiary alicyclic amines) is 1. The molecule has 3 aliphatic rings. The number of carboxylic acids is 1. The summed E-state index contributed by atoms with van der Waals surface area (Å²) >= 11 is 0. The molecule has 2 aromatic rings. The molecule has 1 amide bonds. The predicted molar refractivity (Wildman–Crippen MR) is 114 cm³/mol. The maximum atomic E-state index is 15.0. The number of carbonyl (C=O) groups is 2. The molecule has 1 spiro atoms. The van der Waals surface area contributed by atoms with Crippen LogP contribution in [0.5, 0.6) is 0 Å². The number of ether oxygens (including phenoxy) is 1. The van der Waals surface area contributed by atoms with E-state index in [2.05, 4.69) is 0 Å². The third-order valence-electron chi connectivity index (χ3n) is 7.35. The van der Waals surface area contributed by atoms with E-state index in [0.29, 0.717) is 31.7 Å². The summed E-state index contributed by atoms with van der Waals surface area (Å²) in [6.07, 6.45) is 1.73. The minimum Gasteiger partial charge on any atom is -0.478 e. The third kappa shape index (κ3) is 3.30. The third-order valence-corrected chi connectivity index (χ3v) is 7.35. The van der Waals surface area contributed by atoms with Crippen molar-refractivity contribution in [1.29, 1.82) is 0 Å². The molecule has 2 atom stereocenters. The molecule has 1 saturated carbocycles. The van der Waals surface area contributed by atoms with E-state index in [-0.39, 0.29) is 24.3 Å². The number of carbonyl (C=O) groups excluding carboxylic acids is 1. The molecule has 5 nitrogen and oxygen atoms in total. The lowest BCUT2D eigenvalue weighted by atomic mass is 9.87. The Morgan fingerprint density at radius 1 is 1.03 bits per heavy atom. The van der Waals surface area contributed by atoms with Gasteiger partial charge >= 0.3 is 5.97 Å². The van der Waals surface area contributed by atoms with Crippen molar-refractivity contribution in [3.05, 3.63) is 59.7 Å². The Balaban J connectivity index is 1.30. The first-order valence-corrected chi connectivity index (χ1v) is 11.1. The molecule has 5 rings (SSSR count). The number of halogens is 2. The van der Waals surface area contributed by atoms with Gasteiger partial charge in [0.15, 0.2) is 0 Å². The molecule has 2 saturated heterocycles. The molecule has 2 aromatic carbocycles. The second kappa shape index (κ2) is 7.66. The summed E-state index contributed by atoms with van der Waals surface area (Å²) in [7, 11) is 0. The Kier molecular flexibility index (Phi) is 5.04. The van der Waals surface area contributed by atoms with Gasteiger partial charge in [-0.05, 0) is 54.5 Å². The van der Waals surface area contributed by atoms with Gasteiger partial charge in [0.2, 0.25) is 0 Å². The first kappa shape index (κ1) is 21.1. The molecular weight excluding hydrogens is 416 g/mol. The van der Waals surface area contributed by atoms with Gasteiger partial charge in [0.25, 0.3) is 11.8 Å². The van der Waals surface area contributed by atoms with Crippen LogP contribution in [0.25, 0.3) is 11.1 Å². The lowest BCUT2D eigenvalue weighted by Gasteiger charge is -2.34. The van der Waals surface area contributed by atoms with E-state index in [4.69, 9.17) is 4.74 Å². The summed E-state index contributed by atoms with van der Waals surface area (Å²) in [5.41, 5.74) is 1.20. The first-order chi connectivity index (χ1) is 15.3. The van der Waals surface area contributed by atoms with Gasteiger partial charge in [-0.3, -0.25) is 4.79 Å². The highest BCUT2D eigenvalue weighted by Crippen LogP contribution is 2.75. The van der Waals surface area contributed by atoms with Crippen LogP contribution >= 0.6 is 0 Å². The van der Waals surface area contributed by atoms with Crippen LogP contribution in [0.2, 0.25) is 0 Å². The topological polar surface area (TPSA) is 66.8 Å². The van der Waals surface area contributed by atoms with Crippen molar-refractivity contribution >= 4 is 11.9 Å². The maximum Gasteiger partial charge on any atom is 0.335 e. The Morgan fingerprint density at radius 2 is 1.75 bits per heavy atom. The summed E-state index contributed by atoms with van der Waals surface area (Å²) in [4.78, 5) is 25.4. The SMILES string of the molecule is O=C(O)c1cccc(-c2ccc([C@@H]3C(F)(F)C34CCN(C(=O)[C@H]3CCCO3)CC4)cc2)c1. The molecule has 2 aliphatic heterocycles. The second-order valence-corrected chi connectivity index (χ2v) is 9.05. The smallest absolute Gasteiger partial charge is 0.335 e. The normalized spacial score (nSPS) is 25.6. The second-order valence-electron chi connectivity index (χ2n) is 9.05. The van der Waals surface area contributed by atoms with Gasteiger partial charge in [-0.25, -0.2) is 13.6 Å². The highest BCUT2D eigenvalue weighted by molar-refractivity contribution is 5.89. The molecule has 0 unspecified atom stereocenters. The standard InChI is InChI=1S/C25H25F2NO4/c26-25(27)21(24(25)10-12-28(13-11-24)22(29)20-5-2-14-32-20)17-8-6-16(7-9-17)18-3-1-4-19(15-18)23(30)31/h1,3-4,6-9,15,20-21H,2,5,10-14H2,(H,30,31)/t20-,21+/m1/s1. The average Bonchev–Trinajstić information content (AvgIpc) is 3.15. The van der Waals surface area contributed by atoms with E-state index in [1.54, 1.807) is 47.4 Å². The number of carboxylic acid groups (broad SMARTS) is 1. The van der Waals surface area contributed by atoms with Gasteiger partial charge in [-0.15, -0.1) is 0 Å². The maximum absolute atomic E-state index is 15.0. The van der Waals surface area contributed by atoms with Crippen molar-refractivity contribution in [3.8, 4) is 11.1 Å². The van der Waals surface area contributed by atoms with Gasteiger partial charge in [-0.1, -0.05) is 36.4 Å². The Bertz CT molecular complexity index is 1040. The largest absolute Gasteiger partial charge is 0.478 e. The van der Waals surface area contributed by atoms with Crippen LogP contribution in [0, 0.1) is 5.41 Å². The summed E-state index contributed by atoms with van der Waals surface area (Å²) in [6.45, 7) is 1.26. The van der Waals surface area contributed by atoms with Crippen LogP contribution < -0.4 is 0 Å². The van der Waals surface area contributed by atoms with E-state index in [1.807, 2.05) is 0 Å². The summed E-state index contributed by atoms with van der Waals surface area (Å²) in [6, 6.07) is 13.6. The average molecular weight is 441 g/mol. The highest BCUT2D eigenvalue weighted by Gasteiger charge is 2.80. The lowest BCUT2D eigenvalue weighted by molar-refractivity contribution is -0.143. The lowest BCUT2D eigenvalue weighted by Crippen LogP contribution is -2.45. The summed E-state index contributed by atoms with van der Waals surface area (Å²) in [5, 5.41) is 9.18. The Morgan fingerprint density at radius 3 is 2.38 bits per heavy atom. The number of nitrogens with zero attached hydrogens (tertiary/aromatic N) is 1. The molecule has 1 N–H and O–H groups in total. The molecule has 2 heterocycles. The number of rotatable bonds is 4. The van der Waals surface area contributed by atoms with Gasteiger partial charge < -0.3 is 14.7 Å². The number of piperidine rings is 1. The number of hydrogen-bond acceptors (Lipinski definition) is 3. The minimum atomic E-state index is -2.79. The van der Waals surface area contributed by atoms with Crippen LogP contribution in [0.15, 0.2) is 48.5 Å². The van der Waals surface area contributed by atoms with Crippen molar-refractivity contribution < 1.29 is 28.2 Å². The monoisotopic (exact) mass is 441 g/mol. The zero-order valence-corrected chi connectivity index (χ0v) is 17.6. The van der Waals surface area contributed by atoms with Crippen molar-refractivity contribution in [2.45, 2.75) is 43.6 Å². The van der Waals surface area contributed by atoms with E-state index < -0.39 is 29.3 Å². The van der Waals surface area contributed by atoms with Crippen molar-refractivity contribution in [2.24, 2.45) is 5.41 Å². The highest BCUT2D eigenvalue weighted by atomic mass is 19.3. The fourth-order valence-electron chi connectivity index (χ4n) is 5.46. The van der Waals surface area contributed by atoms with Crippen molar-refractivity contribution in [1.82, 2.24) is 4.90 Å². The molecule has 0 aromatic heterocycles. The van der Waals surface area contributed by atoms with E-state index in [1.165, 1.54) is 6.07 Å². The Labute approximate surface area is 185 Å². The number of hydrogen-bond donors (Lipinski definition) is 1. The Hall–Kier alpha value is -2.80.